The zero-order chi connectivity index (χ0) is 20.1. The number of benzene rings is 1. The van der Waals surface area contributed by atoms with Crippen LogP contribution in [-0.4, -0.2) is 53.2 Å². The van der Waals surface area contributed by atoms with Crippen LogP contribution in [-0.2, 0) is 16.1 Å². The number of carboxylic acids is 2. The molecule has 0 spiro atoms. The van der Waals surface area contributed by atoms with Crippen LogP contribution in [0, 0.1) is 10.8 Å². The number of rotatable bonds is 4. The summed E-state index contributed by atoms with van der Waals surface area (Å²) in [5, 5.41) is 19.3. The highest BCUT2D eigenvalue weighted by Crippen LogP contribution is 2.42. The SMILES string of the molecule is CC12CNCC(C)(CN(Cc3ccc(Br)cc3)C1)C2.O=C(O)C=CC(=O)O. The monoisotopic (exact) mass is 438 g/mol. The van der Waals surface area contributed by atoms with Crippen molar-refractivity contribution in [2.45, 2.75) is 26.8 Å². The van der Waals surface area contributed by atoms with Gasteiger partial charge in [0, 0.05) is 49.3 Å². The molecule has 3 N–H and O–H groups in total. The lowest BCUT2D eigenvalue weighted by atomic mass is 9.66. The van der Waals surface area contributed by atoms with Gasteiger partial charge in [-0.3, -0.25) is 4.90 Å². The van der Waals surface area contributed by atoms with Crippen molar-refractivity contribution in [3.63, 3.8) is 0 Å². The smallest absolute Gasteiger partial charge is 0.328 e. The van der Waals surface area contributed by atoms with Gasteiger partial charge in [-0.25, -0.2) is 9.59 Å². The van der Waals surface area contributed by atoms with Crippen molar-refractivity contribution in [3.05, 3.63) is 46.5 Å². The number of carbonyl (C=O) groups is 2. The minimum Gasteiger partial charge on any atom is -0.478 e. The maximum Gasteiger partial charge on any atom is 0.328 e. The maximum absolute atomic E-state index is 9.55. The molecule has 2 saturated heterocycles. The number of aliphatic carboxylic acids is 2. The van der Waals surface area contributed by atoms with Gasteiger partial charge in [0.1, 0.15) is 0 Å². The molecule has 148 valence electrons. The Morgan fingerprint density at radius 1 is 1.07 bits per heavy atom. The minimum absolute atomic E-state index is 0.445. The first kappa shape index (κ1) is 21.6. The fraction of sp³-hybridized carbons (Fsp3) is 0.500. The largest absolute Gasteiger partial charge is 0.478 e. The second-order valence-electron chi connectivity index (χ2n) is 8.18. The van der Waals surface area contributed by atoms with E-state index in [-0.39, 0.29) is 0 Å². The van der Waals surface area contributed by atoms with Gasteiger partial charge in [0.2, 0.25) is 0 Å². The van der Waals surface area contributed by atoms with Crippen LogP contribution in [0.2, 0.25) is 0 Å². The molecule has 2 unspecified atom stereocenters. The minimum atomic E-state index is -1.26. The summed E-state index contributed by atoms with van der Waals surface area (Å²) in [4.78, 5) is 21.8. The molecule has 2 aliphatic heterocycles. The number of hydrogen-bond acceptors (Lipinski definition) is 4. The summed E-state index contributed by atoms with van der Waals surface area (Å²) < 4.78 is 1.16. The molecule has 1 aromatic rings. The highest BCUT2D eigenvalue weighted by Gasteiger charge is 2.45. The van der Waals surface area contributed by atoms with Crippen LogP contribution in [0.15, 0.2) is 40.9 Å². The third-order valence-electron chi connectivity index (χ3n) is 4.86. The molecule has 2 bridgehead atoms. The second-order valence-corrected chi connectivity index (χ2v) is 9.10. The molecule has 2 aliphatic rings. The van der Waals surface area contributed by atoms with Crippen LogP contribution < -0.4 is 5.32 Å². The predicted octanol–water partition coefficient (Wildman–Crippen LogP) is 2.98. The van der Waals surface area contributed by atoms with Gasteiger partial charge in [-0.1, -0.05) is 41.9 Å². The molecule has 3 rings (SSSR count). The lowest BCUT2D eigenvalue weighted by molar-refractivity contribution is -0.134. The van der Waals surface area contributed by atoms with Crippen molar-refractivity contribution in [3.8, 4) is 0 Å². The predicted molar refractivity (Wildman–Crippen MR) is 108 cm³/mol. The summed E-state index contributed by atoms with van der Waals surface area (Å²) in [6, 6.07) is 8.75. The number of nitrogens with one attached hydrogen (secondary N) is 1. The molecule has 1 aromatic carbocycles. The Labute approximate surface area is 168 Å². The van der Waals surface area contributed by atoms with Gasteiger partial charge in [0.15, 0.2) is 0 Å². The average molecular weight is 439 g/mol. The Morgan fingerprint density at radius 3 is 2.00 bits per heavy atom. The summed E-state index contributed by atoms with van der Waals surface area (Å²) in [5.41, 5.74) is 2.31. The van der Waals surface area contributed by atoms with Crippen molar-refractivity contribution < 1.29 is 19.8 Å². The zero-order valence-corrected chi connectivity index (χ0v) is 17.3. The van der Waals surface area contributed by atoms with Gasteiger partial charge in [-0.15, -0.1) is 0 Å². The van der Waals surface area contributed by atoms with E-state index in [2.05, 4.69) is 64.3 Å². The molecule has 0 aromatic heterocycles. The van der Waals surface area contributed by atoms with Crippen LogP contribution in [0.1, 0.15) is 25.8 Å². The first-order valence-corrected chi connectivity index (χ1v) is 9.70. The number of carboxylic acid groups (broad SMARTS) is 2. The second kappa shape index (κ2) is 8.99. The Bertz CT molecular complexity index is 672. The lowest BCUT2D eigenvalue weighted by Gasteiger charge is -2.54. The van der Waals surface area contributed by atoms with Crippen molar-refractivity contribution in [1.82, 2.24) is 10.2 Å². The number of likely N-dealkylation sites (tertiary alicyclic amines) is 1. The zero-order valence-electron chi connectivity index (χ0n) is 15.7. The Balaban J connectivity index is 0.000000279. The van der Waals surface area contributed by atoms with Crippen molar-refractivity contribution in [1.29, 1.82) is 0 Å². The number of halogens is 1. The van der Waals surface area contributed by atoms with Gasteiger partial charge in [-0.05, 0) is 34.9 Å². The Morgan fingerprint density at radius 2 is 1.56 bits per heavy atom. The normalized spacial score (nSPS) is 27.7. The van der Waals surface area contributed by atoms with E-state index in [1.807, 2.05) is 0 Å². The van der Waals surface area contributed by atoms with E-state index in [9.17, 15) is 9.59 Å². The first-order valence-electron chi connectivity index (χ1n) is 8.91. The number of fused-ring (bicyclic) bond motifs is 2. The fourth-order valence-electron chi connectivity index (χ4n) is 4.28. The van der Waals surface area contributed by atoms with E-state index in [1.165, 1.54) is 38.2 Å². The molecular weight excluding hydrogens is 412 g/mol. The fourth-order valence-corrected chi connectivity index (χ4v) is 4.55. The van der Waals surface area contributed by atoms with Crippen LogP contribution in [0.25, 0.3) is 0 Å². The molecule has 2 heterocycles. The van der Waals surface area contributed by atoms with Gasteiger partial charge < -0.3 is 15.5 Å². The van der Waals surface area contributed by atoms with Crippen LogP contribution in [0.4, 0.5) is 0 Å². The molecule has 2 atom stereocenters. The Kier molecular flexibility index (Phi) is 7.19. The third-order valence-corrected chi connectivity index (χ3v) is 5.38. The molecule has 27 heavy (non-hydrogen) atoms. The summed E-state index contributed by atoms with van der Waals surface area (Å²) in [6.45, 7) is 10.7. The number of hydrogen-bond donors (Lipinski definition) is 3. The summed E-state index contributed by atoms with van der Waals surface area (Å²) in [7, 11) is 0. The van der Waals surface area contributed by atoms with E-state index < -0.39 is 11.9 Å². The van der Waals surface area contributed by atoms with Crippen molar-refractivity contribution in [2.24, 2.45) is 10.8 Å². The maximum atomic E-state index is 9.55. The summed E-state index contributed by atoms with van der Waals surface area (Å²) >= 11 is 3.51. The van der Waals surface area contributed by atoms with Crippen LogP contribution in [0.3, 0.4) is 0 Å². The van der Waals surface area contributed by atoms with Crippen molar-refractivity contribution in [2.75, 3.05) is 26.2 Å². The molecule has 0 radical (unpaired) electrons. The summed E-state index contributed by atoms with van der Waals surface area (Å²) in [5.74, 6) is -2.51. The van der Waals surface area contributed by atoms with E-state index in [1.54, 1.807) is 0 Å². The third kappa shape index (κ3) is 7.08. The highest BCUT2D eigenvalue weighted by molar-refractivity contribution is 9.10. The molecule has 0 aliphatic carbocycles. The quantitative estimate of drug-likeness (QED) is 0.626. The molecule has 0 amide bonds. The number of piperidine rings is 2. The molecule has 6 nitrogen and oxygen atoms in total. The molecule has 0 saturated carbocycles. The summed E-state index contributed by atoms with van der Waals surface area (Å²) in [6.07, 6.45) is 2.48. The molecular formula is C20H27BrN2O4. The average Bonchev–Trinajstić information content (AvgIpc) is 2.54. The lowest BCUT2D eigenvalue weighted by Crippen LogP contribution is -2.60. The standard InChI is InChI=1S/C16H23BrN2.C4H4O4/c1-15-8-16(2,10-18-9-15)12-19(11-15)7-13-3-5-14(17)6-4-13;5-3(6)1-2-4(7)8/h3-6,18H,7-12H2,1-2H3;1-2H,(H,5,6)(H,7,8). The van der Waals surface area contributed by atoms with Gasteiger partial charge in [0.05, 0.1) is 0 Å². The van der Waals surface area contributed by atoms with E-state index in [0.29, 0.717) is 23.0 Å². The van der Waals surface area contributed by atoms with E-state index in [4.69, 9.17) is 10.2 Å². The van der Waals surface area contributed by atoms with E-state index in [0.717, 1.165) is 11.0 Å². The van der Waals surface area contributed by atoms with Gasteiger partial charge in [0.25, 0.3) is 0 Å². The molecule has 2 fully saturated rings. The van der Waals surface area contributed by atoms with E-state index >= 15 is 0 Å². The van der Waals surface area contributed by atoms with Gasteiger partial charge >= 0.3 is 11.9 Å². The highest BCUT2D eigenvalue weighted by atomic mass is 79.9. The van der Waals surface area contributed by atoms with Gasteiger partial charge in [-0.2, -0.15) is 0 Å². The topological polar surface area (TPSA) is 89.9 Å². The first-order chi connectivity index (χ1) is 12.6. The van der Waals surface area contributed by atoms with Crippen LogP contribution in [0.5, 0.6) is 0 Å². The van der Waals surface area contributed by atoms with Crippen molar-refractivity contribution >= 4 is 27.9 Å². The number of nitrogens with zero attached hydrogens (tertiary/aromatic N) is 1. The molecule has 7 heteroatoms. The Hall–Kier alpha value is -1.70. The van der Waals surface area contributed by atoms with Crippen LogP contribution >= 0.6 is 15.9 Å².